The van der Waals surface area contributed by atoms with Crippen molar-refractivity contribution in [2.45, 2.75) is 13.8 Å². The number of aliphatic imine (C=N–C) groups is 1. The zero-order chi connectivity index (χ0) is 32.4. The van der Waals surface area contributed by atoms with E-state index in [1.807, 2.05) is 19.1 Å². The fraction of sp³-hybridized carbons (Fsp3) is 0.0588. The number of aromatic nitrogens is 1. The highest BCUT2D eigenvalue weighted by Gasteiger charge is 2.30. The molecule has 1 aliphatic rings. The molecule has 0 atom stereocenters. The molecule has 0 fully saturated rings. The summed E-state index contributed by atoms with van der Waals surface area (Å²) in [6, 6.07) is 17.7. The van der Waals surface area contributed by atoms with E-state index in [4.69, 9.17) is 4.99 Å². The fourth-order valence-corrected chi connectivity index (χ4v) is 5.79. The first kappa shape index (κ1) is 31.9. The normalized spacial score (nSPS) is 14.3. The number of phenolic OH excluding ortho intramolecular Hbond substituents is 2. The van der Waals surface area contributed by atoms with Gasteiger partial charge in [0.05, 0.1) is 25.9 Å². The van der Waals surface area contributed by atoms with Crippen molar-refractivity contribution < 1.29 is 28.7 Å². The Morgan fingerprint density at radius 1 is 0.822 bits per heavy atom. The van der Waals surface area contributed by atoms with Crippen molar-refractivity contribution in [3.05, 3.63) is 138 Å². The number of halogens is 4. The Hall–Kier alpha value is -4.48. The Labute approximate surface area is 275 Å². The van der Waals surface area contributed by atoms with E-state index in [-0.39, 0.29) is 28.5 Å². The number of benzene rings is 3. The van der Waals surface area contributed by atoms with E-state index in [0.29, 0.717) is 42.6 Å². The van der Waals surface area contributed by atoms with Crippen LogP contribution in [0, 0.1) is 6.92 Å². The van der Waals surface area contributed by atoms with E-state index in [0.717, 1.165) is 15.6 Å². The standard InChI is InChI=1S/C34H25BBr2F2N2O4/c1-19-15-25(11-3-21-5-13-29(42)27(36)17-21)40-32(19)31(23-7-9-24(10-8-23)34(44)45)33-20(2)16-26(41(33)35(38)39)12-4-22-6-14-30(43)28(37)18-22/h3-18,42-43H,1-2H3,(H,44,45)/b11-3-,12-4+,32-31-. The molecular formula is C34H25BBr2F2N2O4. The number of phenols is 2. The molecule has 1 aromatic heterocycles. The third kappa shape index (κ3) is 6.94. The van der Waals surface area contributed by atoms with Crippen molar-refractivity contribution >= 4 is 74.7 Å². The molecule has 0 unspecified atom stereocenters. The molecule has 0 saturated heterocycles. The molecule has 3 N–H and O–H groups in total. The zero-order valence-corrected chi connectivity index (χ0v) is 27.1. The maximum Gasteiger partial charge on any atom is 0.678 e. The van der Waals surface area contributed by atoms with E-state index in [1.54, 1.807) is 73.7 Å². The van der Waals surface area contributed by atoms with Gasteiger partial charge in [0.1, 0.15) is 11.5 Å². The highest BCUT2D eigenvalue weighted by atomic mass is 79.9. The lowest BCUT2D eigenvalue weighted by Gasteiger charge is -2.17. The van der Waals surface area contributed by atoms with Crippen molar-refractivity contribution in [2.75, 3.05) is 0 Å². The quantitative estimate of drug-likeness (QED) is 0.157. The van der Waals surface area contributed by atoms with Gasteiger partial charge in [-0.3, -0.25) is 8.63 Å². The van der Waals surface area contributed by atoms with Crippen molar-refractivity contribution in [3.8, 4) is 11.5 Å². The maximum absolute atomic E-state index is 14.9. The molecule has 4 aromatic rings. The molecule has 2 heterocycles. The number of aromatic hydroxyl groups is 2. The Morgan fingerprint density at radius 2 is 1.38 bits per heavy atom. The van der Waals surface area contributed by atoms with Crippen LogP contribution in [0.4, 0.5) is 8.63 Å². The van der Waals surface area contributed by atoms with E-state index in [9.17, 15) is 28.7 Å². The van der Waals surface area contributed by atoms with Gasteiger partial charge in [-0.15, -0.1) is 0 Å². The minimum atomic E-state index is -2.91. The van der Waals surface area contributed by atoms with Gasteiger partial charge in [0.25, 0.3) is 0 Å². The van der Waals surface area contributed by atoms with Crippen LogP contribution in [0.15, 0.2) is 104 Å². The van der Waals surface area contributed by atoms with Crippen LogP contribution in [0.2, 0.25) is 0 Å². The second-order valence-corrected chi connectivity index (χ2v) is 12.0. The Bertz CT molecular complexity index is 1980. The third-order valence-electron chi connectivity index (χ3n) is 7.16. The van der Waals surface area contributed by atoms with Crippen LogP contribution in [0.1, 0.15) is 50.9 Å². The van der Waals surface area contributed by atoms with Crippen LogP contribution >= 0.6 is 31.9 Å². The number of hydrogen-bond donors (Lipinski definition) is 3. The Morgan fingerprint density at radius 3 is 1.91 bits per heavy atom. The summed E-state index contributed by atoms with van der Waals surface area (Å²) in [5, 5.41) is 29.1. The number of aryl methyl sites for hydroxylation is 1. The minimum Gasteiger partial charge on any atom is -0.507 e. The summed E-state index contributed by atoms with van der Waals surface area (Å²) in [5.41, 5.74) is 5.43. The highest BCUT2D eigenvalue weighted by molar-refractivity contribution is 9.10. The van der Waals surface area contributed by atoms with E-state index in [2.05, 4.69) is 31.9 Å². The Kier molecular flexibility index (Phi) is 9.41. The lowest BCUT2D eigenvalue weighted by Crippen LogP contribution is -2.18. The minimum absolute atomic E-state index is 0.0668. The number of carboxylic acid groups (broad SMARTS) is 1. The van der Waals surface area contributed by atoms with Gasteiger partial charge in [0.15, 0.2) is 0 Å². The number of rotatable bonds is 8. The average Bonchev–Trinajstić information content (AvgIpc) is 3.53. The average molecular weight is 734 g/mol. The molecular weight excluding hydrogens is 709 g/mol. The summed E-state index contributed by atoms with van der Waals surface area (Å²) in [7, 11) is -2.91. The first-order chi connectivity index (χ1) is 21.4. The van der Waals surface area contributed by atoms with Gasteiger partial charge in [-0.2, -0.15) is 0 Å². The molecule has 3 aromatic carbocycles. The highest BCUT2D eigenvalue weighted by Crippen LogP contribution is 2.38. The van der Waals surface area contributed by atoms with Gasteiger partial charge in [-0.25, -0.2) is 9.79 Å². The molecule has 45 heavy (non-hydrogen) atoms. The monoisotopic (exact) mass is 732 g/mol. The molecule has 0 aliphatic carbocycles. The van der Waals surface area contributed by atoms with Crippen LogP contribution in [0.3, 0.4) is 0 Å². The molecule has 6 nitrogen and oxygen atoms in total. The molecule has 0 radical (unpaired) electrons. The fourth-order valence-electron chi connectivity index (χ4n) is 5.00. The maximum atomic E-state index is 14.9. The number of carbonyl (C=O) groups is 1. The zero-order valence-electron chi connectivity index (χ0n) is 24.0. The third-order valence-corrected chi connectivity index (χ3v) is 8.43. The van der Waals surface area contributed by atoms with Gasteiger partial charge in [-0.1, -0.05) is 36.4 Å². The summed E-state index contributed by atoms with van der Waals surface area (Å²) in [5.74, 6) is -0.913. The number of carboxylic acids is 1. The number of nitrogens with zero attached hydrogens (tertiary/aromatic N) is 2. The topological polar surface area (TPSA) is 95.1 Å². The number of hydrogen-bond acceptors (Lipinski definition) is 4. The van der Waals surface area contributed by atoms with Crippen molar-refractivity contribution in [3.63, 3.8) is 0 Å². The predicted octanol–water partition coefficient (Wildman–Crippen LogP) is 9.25. The summed E-state index contributed by atoms with van der Waals surface area (Å²) in [6.45, 7) is 3.59. The number of aromatic carboxylic acids is 1. The smallest absolute Gasteiger partial charge is 0.507 e. The molecule has 5 rings (SSSR count). The summed E-state index contributed by atoms with van der Waals surface area (Å²) in [6.07, 6.45) is 8.74. The van der Waals surface area contributed by atoms with Crippen molar-refractivity contribution in [2.24, 2.45) is 4.99 Å². The molecule has 226 valence electrons. The summed E-state index contributed by atoms with van der Waals surface area (Å²) in [4.78, 5) is 16.4. The lowest BCUT2D eigenvalue weighted by molar-refractivity contribution is 0.0697. The van der Waals surface area contributed by atoms with Crippen LogP contribution in [0.25, 0.3) is 23.8 Å². The van der Waals surface area contributed by atoms with Gasteiger partial charge in [0.2, 0.25) is 0 Å². The van der Waals surface area contributed by atoms with Gasteiger partial charge in [-0.05, 0) is 134 Å². The molecule has 0 saturated carbocycles. The molecule has 11 heteroatoms. The summed E-state index contributed by atoms with van der Waals surface area (Å²) >= 11 is 6.59. The first-order valence-electron chi connectivity index (χ1n) is 13.6. The van der Waals surface area contributed by atoms with E-state index < -0.39 is 13.4 Å². The summed E-state index contributed by atoms with van der Waals surface area (Å²) < 4.78 is 31.8. The Balaban J connectivity index is 1.67. The largest absolute Gasteiger partial charge is 0.678 e. The second-order valence-electron chi connectivity index (χ2n) is 10.3. The number of allylic oxidation sites excluding steroid dienone is 3. The van der Waals surface area contributed by atoms with Crippen LogP contribution in [0.5, 0.6) is 11.5 Å². The second kappa shape index (κ2) is 13.3. The van der Waals surface area contributed by atoms with E-state index in [1.165, 1.54) is 18.2 Å². The van der Waals surface area contributed by atoms with Gasteiger partial charge < -0.3 is 19.8 Å². The first-order valence-corrected chi connectivity index (χ1v) is 15.2. The molecule has 0 amide bonds. The van der Waals surface area contributed by atoms with Crippen molar-refractivity contribution in [1.82, 2.24) is 4.48 Å². The van der Waals surface area contributed by atoms with Crippen LogP contribution < -0.4 is 0 Å². The van der Waals surface area contributed by atoms with E-state index >= 15 is 0 Å². The van der Waals surface area contributed by atoms with Gasteiger partial charge in [0, 0.05) is 17.0 Å². The van der Waals surface area contributed by atoms with Crippen molar-refractivity contribution in [1.29, 1.82) is 0 Å². The molecule has 1 aliphatic heterocycles. The molecule has 0 spiro atoms. The van der Waals surface area contributed by atoms with Crippen LogP contribution in [-0.2, 0) is 0 Å². The SMILES string of the molecule is CC1=CC(/C=C\c2ccc(O)c(Br)c2)=NC/1=C(/c1ccc(C(=O)O)cc1)c1c(C)cc(/C=C/c2ccc(O)c(Br)c2)n1B(F)F. The van der Waals surface area contributed by atoms with Gasteiger partial charge >= 0.3 is 13.4 Å². The van der Waals surface area contributed by atoms with Crippen LogP contribution in [-0.4, -0.2) is 38.9 Å². The lowest BCUT2D eigenvalue weighted by atomic mass is 9.94. The molecule has 0 bridgehead atoms. The predicted molar refractivity (Wildman–Crippen MR) is 183 cm³/mol.